The van der Waals surface area contributed by atoms with Gasteiger partial charge in [0.1, 0.15) is 5.75 Å². The summed E-state index contributed by atoms with van der Waals surface area (Å²) < 4.78 is 6.40. The smallest absolute Gasteiger partial charge is 0.290 e. The molecule has 0 aliphatic carbocycles. The first-order chi connectivity index (χ1) is 12.9. The van der Waals surface area contributed by atoms with Crippen LogP contribution < -0.4 is 15.4 Å². The van der Waals surface area contributed by atoms with E-state index in [2.05, 4.69) is 26.6 Å². The highest BCUT2D eigenvalue weighted by atomic mass is 79.9. The van der Waals surface area contributed by atoms with Gasteiger partial charge in [0.05, 0.1) is 4.91 Å². The van der Waals surface area contributed by atoms with E-state index in [1.54, 1.807) is 30.3 Å². The molecule has 0 aromatic heterocycles. The number of anilines is 1. The lowest BCUT2D eigenvalue weighted by molar-refractivity contribution is -0.118. The summed E-state index contributed by atoms with van der Waals surface area (Å²) in [5.41, 5.74) is 2.32. The van der Waals surface area contributed by atoms with Crippen molar-refractivity contribution in [3.8, 4) is 5.75 Å². The minimum absolute atomic E-state index is 0.190. The van der Waals surface area contributed by atoms with Crippen LogP contribution in [0.15, 0.2) is 51.8 Å². The summed E-state index contributed by atoms with van der Waals surface area (Å²) in [7, 11) is 0. The number of halogens is 1. The molecule has 8 heteroatoms. The molecule has 0 radical (unpaired) electrons. The standard InChI is InChI=1S/C19H15BrN2O4S/c1-11-3-2-4-14(7-11)21-17(23)10-26-15-6-5-13(20)8-12(15)9-16-18(24)22-19(25)27-16/h2-9H,10H2,1H3,(H,21,23)(H,22,24,25)/b16-9-. The first kappa shape index (κ1) is 19.2. The van der Waals surface area contributed by atoms with Gasteiger partial charge < -0.3 is 10.1 Å². The molecule has 1 saturated heterocycles. The molecule has 1 heterocycles. The summed E-state index contributed by atoms with van der Waals surface area (Å²) in [6.07, 6.45) is 1.56. The number of carbonyl (C=O) groups is 3. The molecule has 1 fully saturated rings. The second-order valence-electron chi connectivity index (χ2n) is 5.74. The van der Waals surface area contributed by atoms with Crippen molar-refractivity contribution < 1.29 is 19.1 Å². The fourth-order valence-electron chi connectivity index (χ4n) is 2.39. The summed E-state index contributed by atoms with van der Waals surface area (Å²) >= 11 is 4.19. The molecule has 1 aliphatic heterocycles. The van der Waals surface area contributed by atoms with Crippen LogP contribution in [0.3, 0.4) is 0 Å². The molecule has 2 N–H and O–H groups in total. The average Bonchev–Trinajstić information content (AvgIpc) is 2.91. The molecule has 2 aromatic rings. The van der Waals surface area contributed by atoms with E-state index in [1.807, 2.05) is 25.1 Å². The van der Waals surface area contributed by atoms with Gasteiger partial charge in [-0.25, -0.2) is 0 Å². The average molecular weight is 447 g/mol. The number of benzene rings is 2. The van der Waals surface area contributed by atoms with E-state index >= 15 is 0 Å². The van der Waals surface area contributed by atoms with E-state index < -0.39 is 11.1 Å². The van der Waals surface area contributed by atoms with Crippen LogP contribution in [0.4, 0.5) is 10.5 Å². The van der Waals surface area contributed by atoms with Crippen LogP contribution in [0.2, 0.25) is 0 Å². The third-order valence-corrected chi connectivity index (χ3v) is 4.86. The summed E-state index contributed by atoms with van der Waals surface area (Å²) in [6.45, 7) is 1.75. The molecular weight excluding hydrogens is 432 g/mol. The Labute approximate surface area is 168 Å². The molecule has 0 atom stereocenters. The van der Waals surface area contributed by atoms with E-state index in [9.17, 15) is 14.4 Å². The van der Waals surface area contributed by atoms with Crippen molar-refractivity contribution in [3.63, 3.8) is 0 Å². The Kier molecular flexibility index (Phi) is 5.98. The van der Waals surface area contributed by atoms with E-state index in [1.165, 1.54) is 0 Å². The number of aryl methyl sites for hydroxylation is 1. The topological polar surface area (TPSA) is 84.5 Å². The van der Waals surface area contributed by atoms with Crippen molar-refractivity contribution in [2.24, 2.45) is 0 Å². The van der Waals surface area contributed by atoms with Crippen molar-refractivity contribution in [3.05, 3.63) is 63.0 Å². The maximum absolute atomic E-state index is 12.1. The molecule has 0 bridgehead atoms. The molecule has 0 spiro atoms. The largest absolute Gasteiger partial charge is 0.483 e. The number of imide groups is 1. The highest BCUT2D eigenvalue weighted by Crippen LogP contribution is 2.31. The quantitative estimate of drug-likeness (QED) is 0.675. The van der Waals surface area contributed by atoms with Crippen molar-refractivity contribution >= 4 is 56.5 Å². The Bertz CT molecular complexity index is 958. The Morgan fingerprint density at radius 3 is 2.78 bits per heavy atom. The summed E-state index contributed by atoms with van der Waals surface area (Å²) in [5.74, 6) is -0.323. The molecule has 2 aromatic carbocycles. The van der Waals surface area contributed by atoms with Gasteiger partial charge in [-0.15, -0.1) is 0 Å². The molecule has 27 heavy (non-hydrogen) atoms. The number of carbonyl (C=O) groups excluding carboxylic acids is 3. The molecule has 1 aliphatic rings. The van der Waals surface area contributed by atoms with Gasteiger partial charge in [-0.2, -0.15) is 0 Å². The molecule has 3 amide bonds. The molecule has 6 nitrogen and oxygen atoms in total. The highest BCUT2D eigenvalue weighted by Gasteiger charge is 2.25. The van der Waals surface area contributed by atoms with Gasteiger partial charge in [0.2, 0.25) is 0 Å². The van der Waals surface area contributed by atoms with Crippen LogP contribution in [0.5, 0.6) is 5.75 Å². The fraction of sp³-hybridized carbons (Fsp3) is 0.105. The third kappa shape index (κ3) is 5.21. The Morgan fingerprint density at radius 1 is 1.26 bits per heavy atom. The Morgan fingerprint density at radius 2 is 2.07 bits per heavy atom. The number of thioether (sulfide) groups is 1. The Balaban J connectivity index is 1.71. The lowest BCUT2D eigenvalue weighted by atomic mass is 10.2. The minimum Gasteiger partial charge on any atom is -0.483 e. The zero-order valence-corrected chi connectivity index (χ0v) is 16.6. The van der Waals surface area contributed by atoms with Crippen LogP contribution in [0, 0.1) is 6.92 Å². The molecule has 0 saturated carbocycles. The molecular formula is C19H15BrN2O4S. The number of nitrogens with one attached hydrogen (secondary N) is 2. The number of hydrogen-bond donors (Lipinski definition) is 2. The maximum atomic E-state index is 12.1. The van der Waals surface area contributed by atoms with Gasteiger partial charge in [-0.3, -0.25) is 19.7 Å². The molecule has 3 rings (SSSR count). The highest BCUT2D eigenvalue weighted by molar-refractivity contribution is 9.10. The van der Waals surface area contributed by atoms with Gasteiger partial charge in [-0.05, 0) is 60.7 Å². The number of ether oxygens (including phenoxy) is 1. The van der Waals surface area contributed by atoms with E-state index in [4.69, 9.17) is 4.74 Å². The summed E-state index contributed by atoms with van der Waals surface area (Å²) in [6, 6.07) is 12.7. The minimum atomic E-state index is -0.451. The van der Waals surface area contributed by atoms with Crippen LogP contribution >= 0.6 is 27.7 Å². The van der Waals surface area contributed by atoms with Crippen LogP contribution in [-0.4, -0.2) is 23.7 Å². The first-order valence-electron chi connectivity index (χ1n) is 7.94. The molecule has 0 unspecified atom stereocenters. The monoisotopic (exact) mass is 446 g/mol. The summed E-state index contributed by atoms with van der Waals surface area (Å²) in [5, 5.41) is 4.56. The normalized spacial score (nSPS) is 15.0. The van der Waals surface area contributed by atoms with Crippen molar-refractivity contribution in [1.82, 2.24) is 5.32 Å². The van der Waals surface area contributed by atoms with Crippen molar-refractivity contribution in [2.75, 3.05) is 11.9 Å². The summed E-state index contributed by atoms with van der Waals surface area (Å²) in [4.78, 5) is 35.5. The zero-order chi connectivity index (χ0) is 19.4. The second-order valence-corrected chi connectivity index (χ2v) is 7.67. The van der Waals surface area contributed by atoms with E-state index in [0.29, 0.717) is 17.0 Å². The number of rotatable bonds is 5. The SMILES string of the molecule is Cc1cccc(NC(=O)COc2ccc(Br)cc2/C=C2\SC(=O)NC2=O)c1. The zero-order valence-electron chi connectivity index (χ0n) is 14.2. The van der Waals surface area contributed by atoms with Gasteiger partial charge >= 0.3 is 0 Å². The second kappa shape index (κ2) is 8.41. The molecule has 138 valence electrons. The first-order valence-corrected chi connectivity index (χ1v) is 9.55. The predicted molar refractivity (Wildman–Crippen MR) is 109 cm³/mol. The third-order valence-electron chi connectivity index (χ3n) is 3.56. The number of amides is 3. The van der Waals surface area contributed by atoms with E-state index in [0.717, 1.165) is 21.8 Å². The van der Waals surface area contributed by atoms with Crippen LogP contribution in [0.1, 0.15) is 11.1 Å². The van der Waals surface area contributed by atoms with E-state index in [-0.39, 0.29) is 17.4 Å². The van der Waals surface area contributed by atoms with Gasteiger partial charge in [-0.1, -0.05) is 28.1 Å². The van der Waals surface area contributed by atoms with Crippen molar-refractivity contribution in [1.29, 1.82) is 0 Å². The van der Waals surface area contributed by atoms with Gasteiger partial charge in [0.15, 0.2) is 6.61 Å². The Hall–Kier alpha value is -2.58. The maximum Gasteiger partial charge on any atom is 0.290 e. The van der Waals surface area contributed by atoms with Crippen LogP contribution in [0.25, 0.3) is 6.08 Å². The van der Waals surface area contributed by atoms with Gasteiger partial charge in [0.25, 0.3) is 17.1 Å². The van der Waals surface area contributed by atoms with Crippen LogP contribution in [-0.2, 0) is 9.59 Å². The fourth-order valence-corrected chi connectivity index (χ4v) is 3.44. The lowest BCUT2D eigenvalue weighted by Crippen LogP contribution is -2.20. The lowest BCUT2D eigenvalue weighted by Gasteiger charge is -2.11. The van der Waals surface area contributed by atoms with Crippen molar-refractivity contribution in [2.45, 2.75) is 6.92 Å². The van der Waals surface area contributed by atoms with Gasteiger partial charge in [0, 0.05) is 15.7 Å². The number of hydrogen-bond acceptors (Lipinski definition) is 5. The predicted octanol–water partition coefficient (Wildman–Crippen LogP) is 4.10.